The maximum absolute atomic E-state index is 13.4. The third-order valence-electron chi connectivity index (χ3n) is 5.36. The molecule has 1 N–H and O–H groups in total. The molecule has 0 fully saturated rings. The number of fused-ring (bicyclic) bond motifs is 2. The van der Waals surface area contributed by atoms with Crippen LogP contribution in [0.3, 0.4) is 0 Å². The highest BCUT2D eigenvalue weighted by Gasteiger charge is 2.33. The molecule has 5 rings (SSSR count). The molecule has 0 unspecified atom stereocenters. The lowest BCUT2D eigenvalue weighted by Gasteiger charge is -2.20. The van der Waals surface area contributed by atoms with Crippen LogP contribution in [0.25, 0.3) is 11.1 Å². The number of carbonyl (C=O) groups is 2. The number of benzene rings is 2. The molecule has 1 atom stereocenters. The highest BCUT2D eigenvalue weighted by molar-refractivity contribution is 6.43. The molecular weight excluding hydrogens is 417 g/mol. The summed E-state index contributed by atoms with van der Waals surface area (Å²) in [6.45, 7) is -0.0498. The SMILES string of the molecule is CN1C(=O)[C@@H](NC(=O)C2=NN=C(Cc3cccc(F)c3)C2)COc2cc3ocnc3cc21. The van der Waals surface area contributed by atoms with E-state index in [1.54, 1.807) is 31.3 Å². The van der Waals surface area contributed by atoms with E-state index in [0.29, 0.717) is 34.7 Å². The Hall–Kier alpha value is -4.08. The predicted octanol–water partition coefficient (Wildman–Crippen LogP) is 2.25. The van der Waals surface area contributed by atoms with Crippen LogP contribution in [0.1, 0.15) is 12.0 Å². The molecule has 2 amide bonds. The second-order valence-electron chi connectivity index (χ2n) is 7.57. The summed E-state index contributed by atoms with van der Waals surface area (Å²) in [7, 11) is 1.61. The van der Waals surface area contributed by atoms with Gasteiger partial charge in [-0.3, -0.25) is 9.59 Å². The van der Waals surface area contributed by atoms with Gasteiger partial charge in [-0.15, -0.1) is 5.10 Å². The fourth-order valence-corrected chi connectivity index (χ4v) is 3.69. The molecule has 10 heteroatoms. The largest absolute Gasteiger partial charge is 0.489 e. The Bertz CT molecular complexity index is 1300. The molecule has 9 nitrogen and oxygen atoms in total. The summed E-state index contributed by atoms with van der Waals surface area (Å²) in [5, 5.41) is 10.7. The van der Waals surface area contributed by atoms with Gasteiger partial charge in [0.25, 0.3) is 11.8 Å². The number of hydrogen-bond acceptors (Lipinski definition) is 7. The molecule has 0 saturated carbocycles. The molecule has 2 aliphatic rings. The molecule has 0 radical (unpaired) electrons. The number of hydrogen-bond donors (Lipinski definition) is 1. The second-order valence-corrected chi connectivity index (χ2v) is 7.57. The van der Waals surface area contributed by atoms with Crippen LogP contribution in [0.15, 0.2) is 57.4 Å². The first-order valence-corrected chi connectivity index (χ1v) is 9.93. The van der Waals surface area contributed by atoms with Crippen LogP contribution in [0.4, 0.5) is 10.1 Å². The topological polar surface area (TPSA) is 109 Å². The molecule has 0 saturated heterocycles. The maximum Gasteiger partial charge on any atom is 0.268 e. The van der Waals surface area contributed by atoms with E-state index >= 15 is 0 Å². The van der Waals surface area contributed by atoms with Crippen LogP contribution in [0, 0.1) is 5.82 Å². The third-order valence-corrected chi connectivity index (χ3v) is 5.36. The number of oxazole rings is 1. The van der Waals surface area contributed by atoms with Crippen molar-refractivity contribution in [1.29, 1.82) is 0 Å². The molecule has 0 bridgehead atoms. The molecule has 3 aromatic rings. The van der Waals surface area contributed by atoms with Gasteiger partial charge in [-0.1, -0.05) is 12.1 Å². The van der Waals surface area contributed by atoms with Gasteiger partial charge in [0.1, 0.15) is 35.4 Å². The van der Waals surface area contributed by atoms with Gasteiger partial charge in [-0.05, 0) is 23.8 Å². The zero-order valence-corrected chi connectivity index (χ0v) is 17.0. The normalized spacial score (nSPS) is 18.0. The van der Waals surface area contributed by atoms with Crippen LogP contribution >= 0.6 is 0 Å². The number of carbonyl (C=O) groups excluding carboxylic acids is 2. The van der Waals surface area contributed by atoms with Crippen molar-refractivity contribution in [3.8, 4) is 5.75 Å². The van der Waals surface area contributed by atoms with Crippen LogP contribution in [0.2, 0.25) is 0 Å². The van der Waals surface area contributed by atoms with Crippen molar-refractivity contribution in [2.24, 2.45) is 10.2 Å². The number of aromatic nitrogens is 1. The van der Waals surface area contributed by atoms with E-state index in [2.05, 4.69) is 20.5 Å². The molecule has 162 valence electrons. The maximum atomic E-state index is 13.4. The van der Waals surface area contributed by atoms with E-state index in [1.165, 1.54) is 23.4 Å². The van der Waals surface area contributed by atoms with E-state index in [-0.39, 0.29) is 30.5 Å². The minimum atomic E-state index is -0.908. The number of nitrogens with zero attached hydrogens (tertiary/aromatic N) is 4. The van der Waals surface area contributed by atoms with Crippen molar-refractivity contribution < 1.29 is 23.1 Å². The van der Waals surface area contributed by atoms with Crippen molar-refractivity contribution >= 4 is 40.0 Å². The van der Waals surface area contributed by atoms with Gasteiger partial charge < -0.3 is 19.4 Å². The van der Waals surface area contributed by atoms with E-state index in [4.69, 9.17) is 9.15 Å². The molecule has 3 heterocycles. The highest BCUT2D eigenvalue weighted by atomic mass is 19.1. The van der Waals surface area contributed by atoms with E-state index in [9.17, 15) is 14.0 Å². The summed E-state index contributed by atoms with van der Waals surface area (Å²) in [4.78, 5) is 31.2. The van der Waals surface area contributed by atoms with Crippen LogP contribution in [-0.2, 0) is 16.0 Å². The lowest BCUT2D eigenvalue weighted by Crippen LogP contribution is -2.51. The Morgan fingerprint density at radius 3 is 3.00 bits per heavy atom. The second kappa shape index (κ2) is 7.88. The third kappa shape index (κ3) is 3.70. The summed E-state index contributed by atoms with van der Waals surface area (Å²) in [6.07, 6.45) is 1.93. The zero-order valence-electron chi connectivity index (χ0n) is 17.0. The molecule has 0 aliphatic carbocycles. The average molecular weight is 435 g/mol. The monoisotopic (exact) mass is 435 g/mol. The van der Waals surface area contributed by atoms with Crippen molar-refractivity contribution in [2.75, 3.05) is 18.6 Å². The van der Waals surface area contributed by atoms with Crippen LogP contribution in [-0.4, -0.2) is 47.9 Å². The fraction of sp³-hybridized carbons (Fsp3) is 0.227. The van der Waals surface area contributed by atoms with Crippen molar-refractivity contribution in [3.63, 3.8) is 0 Å². The van der Waals surface area contributed by atoms with Gasteiger partial charge >= 0.3 is 0 Å². The summed E-state index contributed by atoms with van der Waals surface area (Å²) >= 11 is 0. The first-order valence-electron chi connectivity index (χ1n) is 9.93. The minimum Gasteiger partial charge on any atom is -0.489 e. The van der Waals surface area contributed by atoms with Gasteiger partial charge in [0.05, 0.1) is 11.4 Å². The number of rotatable bonds is 4. The van der Waals surface area contributed by atoms with Crippen molar-refractivity contribution in [2.45, 2.75) is 18.9 Å². The minimum absolute atomic E-state index is 0.0498. The summed E-state index contributed by atoms with van der Waals surface area (Å²) < 4.78 is 24.5. The summed E-state index contributed by atoms with van der Waals surface area (Å²) in [6, 6.07) is 8.64. The van der Waals surface area contributed by atoms with E-state index in [0.717, 1.165) is 5.56 Å². The first kappa shape index (κ1) is 19.9. The molecule has 1 aromatic heterocycles. The van der Waals surface area contributed by atoms with Crippen molar-refractivity contribution in [1.82, 2.24) is 10.3 Å². The molecular formula is C22H18FN5O4. The molecule has 0 spiro atoms. The van der Waals surface area contributed by atoms with Crippen molar-refractivity contribution in [3.05, 3.63) is 54.2 Å². The number of halogens is 1. The Labute approximate surface area is 181 Å². The van der Waals surface area contributed by atoms with Gasteiger partial charge in [0, 0.05) is 26.0 Å². The van der Waals surface area contributed by atoms with Gasteiger partial charge in [-0.2, -0.15) is 5.10 Å². The lowest BCUT2D eigenvalue weighted by atomic mass is 10.0. The van der Waals surface area contributed by atoms with Gasteiger partial charge in [-0.25, -0.2) is 9.37 Å². The number of likely N-dealkylation sites (N-methyl/N-ethyl adjacent to an activating group) is 1. The van der Waals surface area contributed by atoms with Gasteiger partial charge in [0.15, 0.2) is 12.0 Å². The molecule has 32 heavy (non-hydrogen) atoms. The number of ether oxygens (including phenoxy) is 1. The Morgan fingerprint density at radius 2 is 2.16 bits per heavy atom. The predicted molar refractivity (Wildman–Crippen MR) is 114 cm³/mol. The first-order chi connectivity index (χ1) is 15.5. The quantitative estimate of drug-likeness (QED) is 0.676. The molecule has 2 aromatic carbocycles. The number of anilines is 1. The smallest absolute Gasteiger partial charge is 0.268 e. The molecule has 2 aliphatic heterocycles. The fourth-order valence-electron chi connectivity index (χ4n) is 3.69. The van der Waals surface area contributed by atoms with Gasteiger partial charge in [0.2, 0.25) is 0 Å². The Balaban J connectivity index is 1.24. The number of nitrogens with one attached hydrogen (secondary N) is 1. The Kier molecular flexibility index (Phi) is 4.89. The summed E-state index contributed by atoms with van der Waals surface area (Å²) in [5.74, 6) is -0.708. The average Bonchev–Trinajstić information content (AvgIpc) is 3.41. The Morgan fingerprint density at radius 1 is 1.28 bits per heavy atom. The van der Waals surface area contributed by atoms with Crippen LogP contribution < -0.4 is 15.0 Å². The summed E-state index contributed by atoms with van der Waals surface area (Å²) in [5.41, 5.74) is 3.24. The van der Waals surface area contributed by atoms with Crippen LogP contribution in [0.5, 0.6) is 5.75 Å². The van der Waals surface area contributed by atoms with E-state index in [1.807, 2.05) is 0 Å². The standard InChI is InChI=1S/C22H18FN5O4/c1-28-18-8-15-19(32-11-24-15)9-20(18)31-10-17(22(28)30)25-21(29)16-7-14(26-27-16)6-12-3-2-4-13(23)5-12/h2-5,8-9,11,17H,6-7,10H2,1H3,(H,25,29)/t17-/m0/s1. The van der Waals surface area contributed by atoms with E-state index < -0.39 is 11.9 Å². The number of amides is 2. The zero-order chi connectivity index (χ0) is 22.2. The highest BCUT2D eigenvalue weighted by Crippen LogP contribution is 2.34. The lowest BCUT2D eigenvalue weighted by molar-refractivity contribution is -0.124.